The van der Waals surface area contributed by atoms with E-state index < -0.39 is 11.8 Å². The molecule has 1 aromatic carbocycles. The number of carboxylic acids is 1. The number of hydrogen-bond donors (Lipinski definition) is 2. The lowest BCUT2D eigenvalue weighted by molar-refractivity contribution is -0.137. The highest BCUT2D eigenvalue weighted by Crippen LogP contribution is 2.17. The van der Waals surface area contributed by atoms with E-state index in [1.807, 2.05) is 0 Å². The standard InChI is InChI=1S/C9H10FNO3/c10-7-5-6(1-2-8(7)11)14-4-3-9(12)13/h1-2,5H,3-4,11H2,(H,12,13). The summed E-state index contributed by atoms with van der Waals surface area (Å²) in [5, 5.41) is 8.32. The molecule has 0 atom stereocenters. The number of carbonyl (C=O) groups is 1. The summed E-state index contributed by atoms with van der Waals surface area (Å²) in [6.07, 6.45) is -0.119. The summed E-state index contributed by atoms with van der Waals surface area (Å²) in [5.74, 6) is -1.25. The number of aliphatic carboxylic acids is 1. The maximum atomic E-state index is 12.8. The molecule has 14 heavy (non-hydrogen) atoms. The highest BCUT2D eigenvalue weighted by Gasteiger charge is 2.02. The predicted octanol–water partition coefficient (Wildman–Crippen LogP) is 1.26. The van der Waals surface area contributed by atoms with Crippen molar-refractivity contribution in [1.29, 1.82) is 0 Å². The van der Waals surface area contributed by atoms with Gasteiger partial charge in [-0.3, -0.25) is 4.79 Å². The van der Waals surface area contributed by atoms with Crippen molar-refractivity contribution in [2.75, 3.05) is 12.3 Å². The fourth-order valence-electron chi connectivity index (χ4n) is 0.854. The minimum absolute atomic E-state index is 0.0126. The topological polar surface area (TPSA) is 72.5 Å². The molecule has 1 aromatic rings. The monoisotopic (exact) mass is 199 g/mol. The first kappa shape index (κ1) is 10.3. The lowest BCUT2D eigenvalue weighted by atomic mass is 10.3. The van der Waals surface area contributed by atoms with Crippen molar-refractivity contribution in [3.05, 3.63) is 24.0 Å². The SMILES string of the molecule is Nc1ccc(OCCC(=O)O)cc1F. The number of carboxylic acid groups (broad SMARTS) is 1. The van der Waals surface area contributed by atoms with Crippen molar-refractivity contribution < 1.29 is 19.0 Å². The van der Waals surface area contributed by atoms with Gasteiger partial charge in [0.15, 0.2) is 0 Å². The smallest absolute Gasteiger partial charge is 0.306 e. The molecule has 3 N–H and O–H groups in total. The Morgan fingerprint density at radius 3 is 2.86 bits per heavy atom. The van der Waals surface area contributed by atoms with Gasteiger partial charge in [-0.15, -0.1) is 0 Å². The van der Waals surface area contributed by atoms with Crippen LogP contribution in [0.1, 0.15) is 6.42 Å². The number of nitrogen functional groups attached to an aromatic ring is 1. The zero-order valence-electron chi connectivity index (χ0n) is 7.37. The third-order valence-electron chi connectivity index (χ3n) is 1.56. The van der Waals surface area contributed by atoms with Crippen molar-refractivity contribution in [2.24, 2.45) is 0 Å². The molecule has 4 nitrogen and oxygen atoms in total. The lowest BCUT2D eigenvalue weighted by Gasteiger charge is -2.04. The van der Waals surface area contributed by atoms with E-state index in [1.165, 1.54) is 12.1 Å². The third-order valence-corrected chi connectivity index (χ3v) is 1.56. The number of rotatable bonds is 4. The van der Waals surface area contributed by atoms with Crippen molar-refractivity contribution in [1.82, 2.24) is 0 Å². The first-order chi connectivity index (χ1) is 6.59. The van der Waals surface area contributed by atoms with Crippen molar-refractivity contribution in [2.45, 2.75) is 6.42 Å². The maximum absolute atomic E-state index is 12.8. The van der Waals surface area contributed by atoms with Crippen LogP contribution < -0.4 is 10.5 Å². The summed E-state index contributed by atoms with van der Waals surface area (Å²) in [5.41, 5.74) is 5.28. The van der Waals surface area contributed by atoms with Gasteiger partial charge in [0, 0.05) is 6.07 Å². The Hall–Kier alpha value is -1.78. The molecule has 0 fully saturated rings. The van der Waals surface area contributed by atoms with Gasteiger partial charge in [-0.2, -0.15) is 0 Å². The summed E-state index contributed by atoms with van der Waals surface area (Å²) in [6.45, 7) is 0.0126. The lowest BCUT2D eigenvalue weighted by Crippen LogP contribution is -2.05. The van der Waals surface area contributed by atoms with Crippen LogP contribution in [0.5, 0.6) is 5.75 Å². The molecule has 0 amide bonds. The number of nitrogens with two attached hydrogens (primary N) is 1. The van der Waals surface area contributed by atoms with Crippen molar-refractivity contribution in [3.8, 4) is 5.75 Å². The molecule has 0 aromatic heterocycles. The molecule has 0 saturated heterocycles. The van der Waals surface area contributed by atoms with Gasteiger partial charge in [-0.05, 0) is 12.1 Å². The highest BCUT2D eigenvalue weighted by atomic mass is 19.1. The second-order valence-electron chi connectivity index (χ2n) is 2.68. The molecule has 1 rings (SSSR count). The van der Waals surface area contributed by atoms with E-state index in [0.29, 0.717) is 0 Å². The van der Waals surface area contributed by atoms with E-state index in [0.717, 1.165) is 6.07 Å². The fourth-order valence-corrected chi connectivity index (χ4v) is 0.854. The van der Waals surface area contributed by atoms with Gasteiger partial charge in [0.2, 0.25) is 0 Å². The molecule has 0 saturated carbocycles. The highest BCUT2D eigenvalue weighted by molar-refractivity contribution is 5.66. The largest absolute Gasteiger partial charge is 0.493 e. The Balaban J connectivity index is 2.51. The van der Waals surface area contributed by atoms with E-state index in [2.05, 4.69) is 0 Å². The fraction of sp³-hybridized carbons (Fsp3) is 0.222. The van der Waals surface area contributed by atoms with Gasteiger partial charge in [0.25, 0.3) is 0 Å². The van der Waals surface area contributed by atoms with Crippen LogP contribution in [0.4, 0.5) is 10.1 Å². The summed E-state index contributed by atoms with van der Waals surface area (Å²) in [4.78, 5) is 10.1. The zero-order chi connectivity index (χ0) is 10.6. The van der Waals surface area contributed by atoms with Crippen LogP contribution in [0.2, 0.25) is 0 Å². The van der Waals surface area contributed by atoms with E-state index in [-0.39, 0.29) is 24.5 Å². The van der Waals surface area contributed by atoms with Crippen LogP contribution in [0.3, 0.4) is 0 Å². The molecular weight excluding hydrogens is 189 g/mol. The van der Waals surface area contributed by atoms with Gasteiger partial charge < -0.3 is 15.6 Å². The number of ether oxygens (including phenoxy) is 1. The molecule has 0 radical (unpaired) electrons. The zero-order valence-corrected chi connectivity index (χ0v) is 7.37. The Kier molecular flexibility index (Phi) is 3.28. The van der Waals surface area contributed by atoms with Crippen molar-refractivity contribution in [3.63, 3.8) is 0 Å². The Labute approximate surface area is 80.1 Å². The molecule has 76 valence electrons. The first-order valence-electron chi connectivity index (χ1n) is 3.99. The first-order valence-corrected chi connectivity index (χ1v) is 3.99. The Morgan fingerprint density at radius 1 is 1.57 bits per heavy atom. The number of hydrogen-bond acceptors (Lipinski definition) is 3. The minimum atomic E-state index is -0.957. The quantitative estimate of drug-likeness (QED) is 0.716. The van der Waals surface area contributed by atoms with Crippen LogP contribution >= 0.6 is 0 Å². The van der Waals surface area contributed by atoms with Gasteiger partial charge in [-0.25, -0.2) is 4.39 Å². The number of benzene rings is 1. The summed E-state index contributed by atoms with van der Waals surface area (Å²) >= 11 is 0. The van der Waals surface area contributed by atoms with Crippen LogP contribution in [0.25, 0.3) is 0 Å². The normalized spacial score (nSPS) is 9.79. The van der Waals surface area contributed by atoms with E-state index in [4.69, 9.17) is 15.6 Å². The molecule has 0 bridgehead atoms. The molecule has 0 aliphatic heterocycles. The average Bonchev–Trinajstić information content (AvgIpc) is 2.10. The second kappa shape index (κ2) is 4.45. The summed E-state index contributed by atoms with van der Waals surface area (Å²) in [6, 6.07) is 3.98. The van der Waals surface area contributed by atoms with Gasteiger partial charge in [0.1, 0.15) is 11.6 Å². The predicted molar refractivity (Wildman–Crippen MR) is 48.6 cm³/mol. The second-order valence-corrected chi connectivity index (χ2v) is 2.68. The molecule has 0 aliphatic carbocycles. The molecule has 0 aliphatic rings. The molecular formula is C9H10FNO3. The van der Waals surface area contributed by atoms with Gasteiger partial charge in [0.05, 0.1) is 18.7 Å². The Bertz CT molecular complexity index is 341. The molecule has 0 heterocycles. The van der Waals surface area contributed by atoms with Crippen LogP contribution in [0.15, 0.2) is 18.2 Å². The van der Waals surface area contributed by atoms with E-state index >= 15 is 0 Å². The Morgan fingerprint density at radius 2 is 2.29 bits per heavy atom. The van der Waals surface area contributed by atoms with Crippen LogP contribution in [-0.4, -0.2) is 17.7 Å². The average molecular weight is 199 g/mol. The maximum Gasteiger partial charge on any atom is 0.306 e. The number of halogens is 1. The van der Waals surface area contributed by atoms with Crippen molar-refractivity contribution >= 4 is 11.7 Å². The van der Waals surface area contributed by atoms with E-state index in [1.54, 1.807) is 0 Å². The number of anilines is 1. The summed E-state index contributed by atoms with van der Waals surface area (Å²) in [7, 11) is 0. The van der Waals surface area contributed by atoms with Gasteiger partial charge >= 0.3 is 5.97 Å². The van der Waals surface area contributed by atoms with E-state index in [9.17, 15) is 9.18 Å². The molecule has 5 heteroatoms. The van der Waals surface area contributed by atoms with Crippen LogP contribution in [0, 0.1) is 5.82 Å². The molecule has 0 spiro atoms. The molecule has 0 unspecified atom stereocenters. The summed E-state index contributed by atoms with van der Waals surface area (Å²) < 4.78 is 17.8. The van der Waals surface area contributed by atoms with Crippen LogP contribution in [-0.2, 0) is 4.79 Å². The minimum Gasteiger partial charge on any atom is -0.493 e. The third kappa shape index (κ3) is 2.93. The van der Waals surface area contributed by atoms with Gasteiger partial charge in [-0.1, -0.05) is 0 Å².